The number of carbonyl (C=O) groups excluding carboxylic acids is 2. The van der Waals surface area contributed by atoms with Gasteiger partial charge in [0.05, 0.1) is 30.3 Å². The first-order valence-corrected chi connectivity index (χ1v) is 10.2. The lowest BCUT2D eigenvalue weighted by Gasteiger charge is -2.18. The van der Waals surface area contributed by atoms with Gasteiger partial charge in [0, 0.05) is 16.7 Å². The van der Waals surface area contributed by atoms with Crippen LogP contribution in [0.1, 0.15) is 6.92 Å². The Bertz CT molecular complexity index is 1020. The van der Waals surface area contributed by atoms with Crippen molar-refractivity contribution in [3.63, 3.8) is 0 Å². The molecule has 28 heavy (non-hydrogen) atoms. The molecule has 1 heterocycles. The molecular weight excluding hydrogens is 374 g/mol. The lowest BCUT2D eigenvalue weighted by Crippen LogP contribution is -2.18. The van der Waals surface area contributed by atoms with Crippen molar-refractivity contribution in [2.75, 3.05) is 20.0 Å². The first-order chi connectivity index (χ1) is 13.6. The molecule has 2 aromatic rings. The van der Waals surface area contributed by atoms with E-state index in [-0.39, 0.29) is 5.57 Å². The first kappa shape index (κ1) is 19.8. The van der Waals surface area contributed by atoms with Crippen LogP contribution in [-0.4, -0.2) is 43.0 Å². The maximum Gasteiger partial charge on any atom is 0.343 e. The number of para-hydroxylation sites is 1. The number of aliphatic imine (C=N–C) groups is 1. The summed E-state index contributed by atoms with van der Waals surface area (Å²) in [6, 6.07) is 15.7. The van der Waals surface area contributed by atoms with Crippen LogP contribution in [0.2, 0.25) is 0 Å². The van der Waals surface area contributed by atoms with Crippen LogP contribution >= 0.6 is 10.5 Å². The van der Waals surface area contributed by atoms with Gasteiger partial charge in [0.2, 0.25) is 0 Å². The highest BCUT2D eigenvalue weighted by Gasteiger charge is 2.21. The zero-order chi connectivity index (χ0) is 20.1. The third-order valence-electron chi connectivity index (χ3n) is 4.34. The van der Waals surface area contributed by atoms with Gasteiger partial charge in [-0.3, -0.25) is 4.99 Å². The predicted octanol–water partition coefficient (Wildman–Crippen LogP) is 4.16. The van der Waals surface area contributed by atoms with Crippen molar-refractivity contribution in [1.29, 1.82) is 0 Å². The molecule has 0 saturated carbocycles. The van der Waals surface area contributed by atoms with Crippen molar-refractivity contribution in [2.24, 2.45) is 4.99 Å². The van der Waals surface area contributed by atoms with Crippen LogP contribution in [0, 0.1) is 0 Å². The van der Waals surface area contributed by atoms with Crippen LogP contribution in [0.4, 0.5) is 5.69 Å². The minimum Gasteiger partial charge on any atom is -0.465 e. The summed E-state index contributed by atoms with van der Waals surface area (Å²) >= 11 is 0. The molecular formula is C22H21NO4S. The Morgan fingerprint density at radius 3 is 2.25 bits per heavy atom. The van der Waals surface area contributed by atoms with Gasteiger partial charge < -0.3 is 9.47 Å². The molecule has 0 aromatic heterocycles. The van der Waals surface area contributed by atoms with Crippen LogP contribution in [0.3, 0.4) is 0 Å². The average Bonchev–Trinajstić information content (AvgIpc) is 2.75. The van der Waals surface area contributed by atoms with E-state index in [0.29, 0.717) is 10.6 Å². The van der Waals surface area contributed by atoms with E-state index in [4.69, 9.17) is 9.47 Å². The second-order valence-corrected chi connectivity index (χ2v) is 8.14. The molecule has 1 aliphatic heterocycles. The van der Waals surface area contributed by atoms with Crippen LogP contribution < -0.4 is 0 Å². The molecule has 0 saturated heterocycles. The summed E-state index contributed by atoms with van der Waals surface area (Å²) in [6.07, 6.45) is 2.98. The number of rotatable bonds is 3. The average molecular weight is 395 g/mol. The Labute approximate surface area is 166 Å². The van der Waals surface area contributed by atoms with E-state index in [1.54, 1.807) is 6.08 Å². The maximum atomic E-state index is 12.6. The summed E-state index contributed by atoms with van der Waals surface area (Å²) in [5, 5.41) is 0. The van der Waals surface area contributed by atoms with Crippen molar-refractivity contribution < 1.29 is 19.1 Å². The van der Waals surface area contributed by atoms with E-state index in [2.05, 4.69) is 4.99 Å². The number of benzene rings is 2. The highest BCUT2D eigenvalue weighted by atomic mass is 32.2. The van der Waals surface area contributed by atoms with Gasteiger partial charge in [-0.15, -0.1) is 10.5 Å². The van der Waals surface area contributed by atoms with E-state index in [0.717, 1.165) is 21.7 Å². The number of nitrogens with zero attached hydrogens (tertiary/aromatic N) is 1. The fraction of sp³-hybridized carbons (Fsp3) is 0.182. The molecule has 0 fully saturated rings. The lowest BCUT2D eigenvalue weighted by molar-refractivity contribution is -0.135. The molecule has 1 unspecified atom stereocenters. The summed E-state index contributed by atoms with van der Waals surface area (Å²) in [4.78, 5) is 30.9. The van der Waals surface area contributed by atoms with Gasteiger partial charge in [0.1, 0.15) is 0 Å². The number of fused-ring (bicyclic) bond motifs is 3. The number of hydrogen-bond acceptors (Lipinski definition) is 5. The van der Waals surface area contributed by atoms with Crippen molar-refractivity contribution in [3.05, 3.63) is 60.2 Å². The van der Waals surface area contributed by atoms with Gasteiger partial charge in [-0.2, -0.15) is 0 Å². The third kappa shape index (κ3) is 3.82. The van der Waals surface area contributed by atoms with E-state index >= 15 is 0 Å². The van der Waals surface area contributed by atoms with E-state index in [9.17, 15) is 9.59 Å². The van der Waals surface area contributed by atoms with Crippen molar-refractivity contribution in [2.45, 2.75) is 11.8 Å². The minimum absolute atomic E-state index is 0.197. The van der Waals surface area contributed by atoms with E-state index in [1.165, 1.54) is 20.4 Å². The fourth-order valence-corrected chi connectivity index (χ4v) is 5.12. The summed E-state index contributed by atoms with van der Waals surface area (Å²) in [7, 11) is 2.05. The lowest BCUT2D eigenvalue weighted by atomic mass is 10.0. The highest BCUT2D eigenvalue weighted by Crippen LogP contribution is 2.41. The van der Waals surface area contributed by atoms with Crippen molar-refractivity contribution >= 4 is 39.2 Å². The molecule has 0 radical (unpaired) electrons. The largest absolute Gasteiger partial charge is 0.465 e. The Hall–Kier alpha value is -2.99. The van der Waals surface area contributed by atoms with Crippen LogP contribution in [0.15, 0.2) is 70.1 Å². The zero-order valence-electron chi connectivity index (χ0n) is 16.0. The predicted molar refractivity (Wildman–Crippen MR) is 114 cm³/mol. The first-order valence-electron chi connectivity index (χ1n) is 8.79. The minimum atomic E-state index is -0.592. The smallest absolute Gasteiger partial charge is 0.343 e. The number of hydrogen-bond donors (Lipinski definition) is 0. The Kier molecular flexibility index (Phi) is 6.21. The van der Waals surface area contributed by atoms with E-state index < -0.39 is 22.4 Å². The monoisotopic (exact) mass is 395 g/mol. The fourth-order valence-electron chi connectivity index (χ4n) is 3.03. The Balaban J connectivity index is 2.44. The van der Waals surface area contributed by atoms with Crippen molar-refractivity contribution in [1.82, 2.24) is 0 Å². The summed E-state index contributed by atoms with van der Waals surface area (Å²) in [5.41, 5.74) is 2.89. The third-order valence-corrected chi connectivity index (χ3v) is 6.62. The van der Waals surface area contributed by atoms with Crippen LogP contribution in [0.5, 0.6) is 0 Å². The number of methoxy groups -OCH3 is 2. The molecule has 0 aliphatic carbocycles. The normalized spacial score (nSPS) is 18.9. The quantitative estimate of drug-likeness (QED) is 0.578. The molecule has 1 aliphatic rings. The Morgan fingerprint density at radius 2 is 1.57 bits per heavy atom. The molecule has 6 heteroatoms. The molecule has 5 nitrogen and oxygen atoms in total. The molecule has 0 N–H and O–H groups in total. The van der Waals surface area contributed by atoms with Gasteiger partial charge in [-0.05, 0) is 29.5 Å². The summed E-state index contributed by atoms with van der Waals surface area (Å²) in [6.45, 7) is 2.01. The van der Waals surface area contributed by atoms with Gasteiger partial charge in [0.25, 0.3) is 0 Å². The van der Waals surface area contributed by atoms with E-state index in [1.807, 2.05) is 55.5 Å². The topological polar surface area (TPSA) is 65.0 Å². The number of carbonyl (C=O) groups is 2. The number of ether oxygens (including phenoxy) is 2. The standard InChI is InChI=1S/C22H21NO4S/c1-4-28-19-12-8-6-10-17(19)16-9-5-7-11-18(16)23-14-15(21(24)26-2)13-20(28)22(25)27-3/h5-14H,4H2,1-3H3/b15-13+,15-14?,17-16?,20-13?,23-14?,23-18?. The molecule has 0 amide bonds. The molecule has 3 rings (SSSR count). The second kappa shape index (κ2) is 8.80. The maximum absolute atomic E-state index is 12.6. The van der Waals surface area contributed by atoms with Gasteiger partial charge in [-0.25, -0.2) is 9.59 Å². The molecule has 1 atom stereocenters. The van der Waals surface area contributed by atoms with Crippen LogP contribution in [-0.2, 0) is 19.1 Å². The van der Waals surface area contributed by atoms with Gasteiger partial charge in [0.15, 0.2) is 0 Å². The second-order valence-electron chi connectivity index (χ2n) is 5.90. The molecule has 0 bridgehead atoms. The summed E-state index contributed by atoms with van der Waals surface area (Å²) in [5.74, 6) is -0.342. The molecule has 0 spiro atoms. The number of esters is 2. The highest BCUT2D eigenvalue weighted by molar-refractivity contribution is 8.17. The SMILES string of the molecule is CC/S1=C(C(=O)OC)\C=C(\C(=O)OC)C=Nc2ccccc2-c2ccccc21. The van der Waals surface area contributed by atoms with Crippen LogP contribution in [0.25, 0.3) is 11.1 Å². The van der Waals surface area contributed by atoms with Crippen molar-refractivity contribution in [3.8, 4) is 11.1 Å². The molecule has 2 aromatic carbocycles. The van der Waals surface area contributed by atoms with Gasteiger partial charge in [-0.1, -0.05) is 43.3 Å². The molecule has 144 valence electrons. The summed E-state index contributed by atoms with van der Waals surface area (Å²) < 4.78 is 9.91. The van der Waals surface area contributed by atoms with Gasteiger partial charge >= 0.3 is 11.9 Å². The zero-order valence-corrected chi connectivity index (χ0v) is 16.8. The Morgan fingerprint density at radius 1 is 0.929 bits per heavy atom.